The van der Waals surface area contributed by atoms with Gasteiger partial charge in [-0.3, -0.25) is 4.99 Å². The van der Waals surface area contributed by atoms with Crippen molar-refractivity contribution in [3.05, 3.63) is 35.6 Å². The van der Waals surface area contributed by atoms with Gasteiger partial charge in [0.05, 0.1) is 0 Å². The Hall–Kier alpha value is -1.88. The Morgan fingerprint density at radius 1 is 1.29 bits per heavy atom. The molecule has 0 aromatic heterocycles. The standard InChI is InChI=1S/C17H24F4N4O2S/c1-2-22-16(23-9-6-13-4-3-5-14(18)12-13)24-15-7-10-25(11-8-15)28(26,27)17(19,20)21/h3-5,12,15H,2,6-11H2,1H3,(H2,22,23,24). The normalized spacial score (nSPS) is 17.5. The number of hydrogen-bond donors (Lipinski definition) is 2. The Labute approximate surface area is 162 Å². The molecule has 1 aromatic carbocycles. The largest absolute Gasteiger partial charge is 0.511 e. The van der Waals surface area contributed by atoms with Crippen LogP contribution in [0.1, 0.15) is 25.3 Å². The van der Waals surface area contributed by atoms with Gasteiger partial charge in [0.1, 0.15) is 5.82 Å². The highest BCUT2D eigenvalue weighted by molar-refractivity contribution is 7.90. The van der Waals surface area contributed by atoms with E-state index in [0.29, 0.717) is 29.8 Å². The highest BCUT2D eigenvalue weighted by atomic mass is 32.2. The molecule has 0 saturated carbocycles. The average molecular weight is 424 g/mol. The van der Waals surface area contributed by atoms with Crippen molar-refractivity contribution in [2.24, 2.45) is 4.99 Å². The van der Waals surface area contributed by atoms with Gasteiger partial charge in [0.2, 0.25) is 0 Å². The van der Waals surface area contributed by atoms with Crippen molar-refractivity contribution in [2.75, 3.05) is 26.2 Å². The van der Waals surface area contributed by atoms with E-state index in [1.54, 1.807) is 12.1 Å². The number of piperidine rings is 1. The number of nitrogens with one attached hydrogen (secondary N) is 2. The number of nitrogens with zero attached hydrogens (tertiary/aromatic N) is 2. The first-order valence-electron chi connectivity index (χ1n) is 8.99. The van der Waals surface area contributed by atoms with E-state index in [0.717, 1.165) is 5.56 Å². The molecule has 0 spiro atoms. The van der Waals surface area contributed by atoms with Gasteiger partial charge in [-0.25, -0.2) is 12.8 Å². The summed E-state index contributed by atoms with van der Waals surface area (Å²) in [6, 6.07) is 6.04. The predicted molar refractivity (Wildman–Crippen MR) is 98.8 cm³/mol. The van der Waals surface area contributed by atoms with Gasteiger partial charge in [0.15, 0.2) is 5.96 Å². The number of rotatable bonds is 6. The van der Waals surface area contributed by atoms with E-state index in [9.17, 15) is 26.0 Å². The Morgan fingerprint density at radius 3 is 2.54 bits per heavy atom. The van der Waals surface area contributed by atoms with Crippen LogP contribution < -0.4 is 10.6 Å². The van der Waals surface area contributed by atoms with Crippen molar-refractivity contribution in [3.8, 4) is 0 Å². The number of halogens is 4. The van der Waals surface area contributed by atoms with Gasteiger partial charge in [-0.05, 0) is 43.9 Å². The van der Waals surface area contributed by atoms with Gasteiger partial charge >= 0.3 is 15.5 Å². The minimum Gasteiger partial charge on any atom is -0.357 e. The molecule has 0 atom stereocenters. The van der Waals surface area contributed by atoms with Crippen LogP contribution in [0.2, 0.25) is 0 Å². The van der Waals surface area contributed by atoms with Crippen LogP contribution in [0.25, 0.3) is 0 Å². The molecule has 1 aliphatic heterocycles. The lowest BCUT2D eigenvalue weighted by Crippen LogP contribution is -2.51. The summed E-state index contributed by atoms with van der Waals surface area (Å²) >= 11 is 0. The Kier molecular flexibility index (Phi) is 7.64. The summed E-state index contributed by atoms with van der Waals surface area (Å²) in [6.45, 7) is 2.46. The Morgan fingerprint density at radius 2 is 1.96 bits per heavy atom. The van der Waals surface area contributed by atoms with E-state index in [1.807, 2.05) is 6.92 Å². The summed E-state index contributed by atoms with van der Waals surface area (Å²) in [7, 11) is -5.28. The average Bonchev–Trinajstić information content (AvgIpc) is 2.61. The van der Waals surface area contributed by atoms with Crippen molar-refractivity contribution in [2.45, 2.75) is 37.7 Å². The third-order valence-electron chi connectivity index (χ3n) is 4.33. The van der Waals surface area contributed by atoms with Gasteiger partial charge in [0, 0.05) is 32.2 Å². The molecule has 0 unspecified atom stereocenters. The number of hydrogen-bond acceptors (Lipinski definition) is 3. The van der Waals surface area contributed by atoms with Crippen LogP contribution >= 0.6 is 0 Å². The zero-order valence-corrected chi connectivity index (χ0v) is 16.3. The first kappa shape index (κ1) is 22.4. The third kappa shape index (κ3) is 6.06. The third-order valence-corrected chi connectivity index (χ3v) is 5.96. The minimum absolute atomic E-state index is 0.188. The maximum atomic E-state index is 13.2. The fraction of sp³-hybridized carbons (Fsp3) is 0.588. The van der Waals surface area contributed by atoms with Crippen molar-refractivity contribution < 1.29 is 26.0 Å². The topological polar surface area (TPSA) is 73.8 Å². The molecule has 0 radical (unpaired) electrons. The van der Waals surface area contributed by atoms with Gasteiger partial charge in [0.25, 0.3) is 0 Å². The summed E-state index contributed by atoms with van der Waals surface area (Å²) in [4.78, 5) is 4.40. The van der Waals surface area contributed by atoms with E-state index in [1.165, 1.54) is 12.1 Å². The fourth-order valence-corrected chi connectivity index (χ4v) is 3.87. The molecule has 1 fully saturated rings. The summed E-state index contributed by atoms with van der Waals surface area (Å²) < 4.78 is 74.5. The van der Waals surface area contributed by atoms with E-state index in [-0.39, 0.29) is 37.8 Å². The molecule has 1 aliphatic rings. The van der Waals surface area contributed by atoms with Crippen molar-refractivity contribution in [3.63, 3.8) is 0 Å². The van der Waals surface area contributed by atoms with Gasteiger partial charge in [-0.15, -0.1) is 0 Å². The second-order valence-corrected chi connectivity index (χ2v) is 8.34. The van der Waals surface area contributed by atoms with Crippen molar-refractivity contribution >= 4 is 16.0 Å². The lowest BCUT2D eigenvalue weighted by atomic mass is 10.1. The van der Waals surface area contributed by atoms with Crippen LogP contribution in [0.15, 0.2) is 29.3 Å². The molecule has 158 valence electrons. The summed E-state index contributed by atoms with van der Waals surface area (Å²) in [5.74, 6) is 0.183. The van der Waals surface area contributed by atoms with E-state index < -0.39 is 15.5 Å². The molecule has 2 rings (SSSR count). The van der Waals surface area contributed by atoms with Crippen LogP contribution in [0, 0.1) is 5.82 Å². The number of alkyl halides is 3. The van der Waals surface area contributed by atoms with E-state index in [4.69, 9.17) is 0 Å². The molecule has 0 aliphatic carbocycles. The molecule has 6 nitrogen and oxygen atoms in total. The number of guanidine groups is 1. The van der Waals surface area contributed by atoms with Crippen LogP contribution in [0.5, 0.6) is 0 Å². The van der Waals surface area contributed by atoms with Gasteiger partial charge < -0.3 is 10.6 Å². The van der Waals surface area contributed by atoms with Crippen molar-refractivity contribution in [1.82, 2.24) is 14.9 Å². The predicted octanol–water partition coefficient (Wildman–Crippen LogP) is 2.24. The van der Waals surface area contributed by atoms with Gasteiger partial charge in [-0.1, -0.05) is 12.1 Å². The zero-order chi connectivity index (χ0) is 20.8. The second kappa shape index (κ2) is 9.55. The number of aliphatic imine (C=N–C) groups is 1. The summed E-state index contributed by atoms with van der Waals surface area (Å²) in [6.07, 6.45) is 1.02. The van der Waals surface area contributed by atoms with Crippen LogP contribution in [0.4, 0.5) is 17.6 Å². The molecule has 0 bridgehead atoms. The Balaban J connectivity index is 1.89. The lowest BCUT2D eigenvalue weighted by molar-refractivity contribution is -0.0494. The summed E-state index contributed by atoms with van der Waals surface area (Å²) in [5.41, 5.74) is -4.47. The fourth-order valence-electron chi connectivity index (χ4n) is 2.89. The lowest BCUT2D eigenvalue weighted by Gasteiger charge is -2.32. The maximum absolute atomic E-state index is 13.2. The Bertz CT molecular complexity index is 776. The molecule has 28 heavy (non-hydrogen) atoms. The van der Waals surface area contributed by atoms with Crippen molar-refractivity contribution in [1.29, 1.82) is 0 Å². The monoisotopic (exact) mass is 424 g/mol. The molecule has 11 heteroatoms. The highest BCUT2D eigenvalue weighted by Gasteiger charge is 2.50. The zero-order valence-electron chi connectivity index (χ0n) is 15.5. The first-order valence-corrected chi connectivity index (χ1v) is 10.4. The van der Waals surface area contributed by atoms with Gasteiger partial charge in [-0.2, -0.15) is 17.5 Å². The van der Waals surface area contributed by atoms with Crippen LogP contribution in [-0.4, -0.2) is 56.4 Å². The smallest absolute Gasteiger partial charge is 0.357 e. The number of sulfonamides is 1. The molecular weight excluding hydrogens is 400 g/mol. The first-order chi connectivity index (χ1) is 13.1. The maximum Gasteiger partial charge on any atom is 0.511 e. The molecular formula is C17H24F4N4O2S. The molecule has 2 N–H and O–H groups in total. The highest BCUT2D eigenvalue weighted by Crippen LogP contribution is 2.28. The van der Waals surface area contributed by atoms with E-state index in [2.05, 4.69) is 15.6 Å². The van der Waals surface area contributed by atoms with Crippen LogP contribution in [-0.2, 0) is 16.4 Å². The second-order valence-electron chi connectivity index (χ2n) is 6.41. The SMILES string of the molecule is CCNC(=NCCc1cccc(F)c1)NC1CCN(S(=O)(=O)C(F)(F)F)CC1. The molecule has 0 amide bonds. The molecule has 1 heterocycles. The molecule has 1 saturated heterocycles. The summed E-state index contributed by atoms with van der Waals surface area (Å²) in [5, 5.41) is 6.17. The minimum atomic E-state index is -5.28. The quantitative estimate of drug-likeness (QED) is 0.417. The van der Waals surface area contributed by atoms with E-state index >= 15 is 0 Å². The molecule has 1 aromatic rings. The van der Waals surface area contributed by atoms with Crippen LogP contribution in [0.3, 0.4) is 0 Å². The number of benzene rings is 1.